The zero-order chi connectivity index (χ0) is 14.8. The van der Waals surface area contributed by atoms with Crippen LogP contribution in [0.15, 0.2) is 36.4 Å². The number of benzene rings is 1. The molecule has 0 bridgehead atoms. The predicted octanol–water partition coefficient (Wildman–Crippen LogP) is 4.41. The van der Waals surface area contributed by atoms with Crippen LogP contribution in [0.4, 0.5) is 0 Å². The van der Waals surface area contributed by atoms with Crippen LogP contribution < -0.4 is 0 Å². The molecule has 4 heteroatoms. The molecule has 0 unspecified atom stereocenters. The van der Waals surface area contributed by atoms with Gasteiger partial charge < -0.3 is 4.74 Å². The molecule has 3 nitrogen and oxygen atoms in total. The Morgan fingerprint density at radius 3 is 2.57 bits per heavy atom. The summed E-state index contributed by atoms with van der Waals surface area (Å²) < 4.78 is 6.32. The first-order chi connectivity index (χ1) is 10.2. The number of hydrogen-bond acceptors (Lipinski definition) is 3. The van der Waals surface area contributed by atoms with Crippen LogP contribution >= 0.6 is 22.6 Å². The highest BCUT2D eigenvalue weighted by molar-refractivity contribution is 14.1. The Morgan fingerprint density at radius 2 is 1.95 bits per heavy atom. The van der Waals surface area contributed by atoms with Gasteiger partial charge in [0.15, 0.2) is 0 Å². The van der Waals surface area contributed by atoms with Crippen molar-refractivity contribution in [2.45, 2.75) is 25.7 Å². The van der Waals surface area contributed by atoms with E-state index in [1.807, 2.05) is 19.1 Å². The van der Waals surface area contributed by atoms with Crippen LogP contribution in [0.5, 0.6) is 0 Å². The summed E-state index contributed by atoms with van der Waals surface area (Å²) in [5.41, 5.74) is 3.51. The number of rotatable bonds is 4. The van der Waals surface area contributed by atoms with Gasteiger partial charge in [0.1, 0.15) is 0 Å². The van der Waals surface area contributed by atoms with Gasteiger partial charge in [0.25, 0.3) is 0 Å². The lowest BCUT2D eigenvalue weighted by Crippen LogP contribution is -2.09. The molecule has 1 aromatic carbocycles. The molecular formula is C17H16INO2. The van der Waals surface area contributed by atoms with Gasteiger partial charge in [-0.3, -0.25) is 4.98 Å². The van der Waals surface area contributed by atoms with Gasteiger partial charge in [0.2, 0.25) is 0 Å². The van der Waals surface area contributed by atoms with Crippen LogP contribution in [-0.4, -0.2) is 17.6 Å². The monoisotopic (exact) mass is 393 g/mol. The van der Waals surface area contributed by atoms with E-state index in [0.29, 0.717) is 18.1 Å². The molecule has 0 N–H and O–H groups in total. The van der Waals surface area contributed by atoms with Gasteiger partial charge >= 0.3 is 5.97 Å². The molecule has 1 aliphatic carbocycles. The zero-order valence-corrected chi connectivity index (χ0v) is 14.0. The van der Waals surface area contributed by atoms with Crippen molar-refractivity contribution in [1.29, 1.82) is 0 Å². The summed E-state index contributed by atoms with van der Waals surface area (Å²) in [6, 6.07) is 12.0. The summed E-state index contributed by atoms with van der Waals surface area (Å²) in [6.07, 6.45) is 2.21. The lowest BCUT2D eigenvalue weighted by molar-refractivity contribution is 0.0524. The molecule has 1 heterocycles. The molecule has 1 fully saturated rings. The smallest absolute Gasteiger partial charge is 0.339 e. The maximum absolute atomic E-state index is 12.0. The van der Waals surface area contributed by atoms with Crippen LogP contribution in [0.2, 0.25) is 0 Å². The Labute approximate surface area is 137 Å². The highest BCUT2D eigenvalue weighted by atomic mass is 127. The van der Waals surface area contributed by atoms with Crippen LogP contribution in [0, 0.1) is 3.57 Å². The maximum Gasteiger partial charge on any atom is 0.339 e. The number of aromatic nitrogens is 1. The van der Waals surface area contributed by atoms with Crippen molar-refractivity contribution in [2.75, 3.05) is 6.61 Å². The number of nitrogens with zero attached hydrogens (tertiary/aromatic N) is 1. The molecule has 3 rings (SSSR count). The topological polar surface area (TPSA) is 39.2 Å². The van der Waals surface area contributed by atoms with Gasteiger partial charge in [0, 0.05) is 15.1 Å². The number of carbonyl (C=O) groups is 1. The van der Waals surface area contributed by atoms with Crippen molar-refractivity contribution in [3.63, 3.8) is 0 Å². The predicted molar refractivity (Wildman–Crippen MR) is 90.3 cm³/mol. The Balaban J connectivity index is 1.99. The normalized spacial score (nSPS) is 14.0. The van der Waals surface area contributed by atoms with Gasteiger partial charge in [-0.25, -0.2) is 4.79 Å². The Morgan fingerprint density at radius 1 is 1.24 bits per heavy atom. The number of pyridine rings is 1. The molecule has 0 saturated heterocycles. The first kappa shape index (κ1) is 14.5. The van der Waals surface area contributed by atoms with E-state index in [0.717, 1.165) is 29.8 Å². The summed E-state index contributed by atoms with van der Waals surface area (Å²) in [5, 5.41) is 0. The summed E-state index contributed by atoms with van der Waals surface area (Å²) in [5.74, 6) is 0.147. The second kappa shape index (κ2) is 6.13. The molecule has 21 heavy (non-hydrogen) atoms. The highest BCUT2D eigenvalue weighted by Gasteiger charge is 2.30. The van der Waals surface area contributed by atoms with Crippen molar-refractivity contribution < 1.29 is 9.53 Å². The van der Waals surface area contributed by atoms with Gasteiger partial charge in [-0.15, -0.1) is 0 Å². The fourth-order valence-electron chi connectivity index (χ4n) is 2.31. The molecule has 0 spiro atoms. The fourth-order valence-corrected chi connectivity index (χ4v) is 2.67. The molecular weight excluding hydrogens is 377 g/mol. The third kappa shape index (κ3) is 3.26. The van der Waals surface area contributed by atoms with Crippen LogP contribution in [-0.2, 0) is 4.74 Å². The second-order valence-electron chi connectivity index (χ2n) is 5.13. The van der Waals surface area contributed by atoms with Crippen LogP contribution in [0.3, 0.4) is 0 Å². The average Bonchev–Trinajstić information content (AvgIpc) is 3.32. The van der Waals surface area contributed by atoms with E-state index in [1.54, 1.807) is 0 Å². The molecule has 0 atom stereocenters. The van der Waals surface area contributed by atoms with Gasteiger partial charge in [-0.2, -0.15) is 0 Å². The third-order valence-electron chi connectivity index (χ3n) is 3.52. The molecule has 1 aliphatic rings. The number of esters is 1. The molecule has 2 aromatic rings. The third-order valence-corrected chi connectivity index (χ3v) is 4.24. The van der Waals surface area contributed by atoms with Crippen molar-refractivity contribution in [3.8, 4) is 11.3 Å². The van der Waals surface area contributed by atoms with Crippen molar-refractivity contribution in [2.24, 2.45) is 0 Å². The van der Waals surface area contributed by atoms with E-state index in [4.69, 9.17) is 9.72 Å². The van der Waals surface area contributed by atoms with Gasteiger partial charge in [-0.1, -0.05) is 12.1 Å². The maximum atomic E-state index is 12.0. The minimum atomic E-state index is -0.263. The highest BCUT2D eigenvalue weighted by Crippen LogP contribution is 2.41. The molecule has 108 valence electrons. The SMILES string of the molecule is CCOC(=O)c1ccc(-c2ccc(I)cc2)nc1C1CC1. The molecule has 0 radical (unpaired) electrons. The van der Waals surface area contributed by atoms with Crippen molar-refractivity contribution in [1.82, 2.24) is 4.98 Å². The Hall–Kier alpha value is -1.43. The van der Waals surface area contributed by atoms with E-state index < -0.39 is 0 Å². The van der Waals surface area contributed by atoms with E-state index in [9.17, 15) is 4.79 Å². The molecule has 1 saturated carbocycles. The number of carbonyl (C=O) groups excluding carboxylic acids is 1. The number of hydrogen-bond donors (Lipinski definition) is 0. The summed E-state index contributed by atoms with van der Waals surface area (Å²) in [7, 11) is 0. The minimum Gasteiger partial charge on any atom is -0.462 e. The van der Waals surface area contributed by atoms with E-state index in [1.165, 1.54) is 3.57 Å². The summed E-state index contributed by atoms with van der Waals surface area (Å²) in [6.45, 7) is 2.21. The second-order valence-corrected chi connectivity index (χ2v) is 6.38. The Kier molecular flexibility index (Phi) is 4.24. The quantitative estimate of drug-likeness (QED) is 0.571. The molecule has 1 aromatic heterocycles. The first-order valence-corrected chi connectivity index (χ1v) is 8.21. The number of ether oxygens (including phenoxy) is 1. The zero-order valence-electron chi connectivity index (χ0n) is 11.8. The van der Waals surface area contributed by atoms with Gasteiger partial charge in [-0.05, 0) is 66.6 Å². The first-order valence-electron chi connectivity index (χ1n) is 7.13. The van der Waals surface area contributed by atoms with Gasteiger partial charge in [0.05, 0.1) is 23.6 Å². The van der Waals surface area contributed by atoms with Crippen LogP contribution in [0.25, 0.3) is 11.3 Å². The standard InChI is InChI=1S/C17H16INO2/c1-2-21-17(20)14-9-10-15(19-16(14)12-3-4-12)11-5-7-13(18)8-6-11/h5-10,12H,2-4H2,1H3. The van der Waals surface area contributed by atoms with E-state index >= 15 is 0 Å². The fraction of sp³-hybridized carbons (Fsp3) is 0.294. The van der Waals surface area contributed by atoms with Crippen molar-refractivity contribution in [3.05, 3.63) is 51.2 Å². The molecule has 0 amide bonds. The number of halogens is 1. The minimum absolute atomic E-state index is 0.263. The van der Waals surface area contributed by atoms with E-state index in [-0.39, 0.29) is 5.97 Å². The summed E-state index contributed by atoms with van der Waals surface area (Å²) in [4.78, 5) is 16.8. The van der Waals surface area contributed by atoms with Crippen LogP contribution in [0.1, 0.15) is 41.7 Å². The average molecular weight is 393 g/mol. The van der Waals surface area contributed by atoms with E-state index in [2.05, 4.69) is 46.9 Å². The lowest BCUT2D eigenvalue weighted by Gasteiger charge is -2.10. The van der Waals surface area contributed by atoms with Crippen molar-refractivity contribution >= 4 is 28.6 Å². The summed E-state index contributed by atoms with van der Waals surface area (Å²) >= 11 is 2.28. The Bertz CT molecular complexity index is 663. The lowest BCUT2D eigenvalue weighted by atomic mass is 10.1. The molecule has 0 aliphatic heterocycles. The largest absolute Gasteiger partial charge is 0.462 e.